The largest absolute Gasteiger partial charge is 0.412 e. The minimum atomic E-state index is 0. The summed E-state index contributed by atoms with van der Waals surface area (Å²) in [4.78, 5) is 0. The van der Waals surface area contributed by atoms with Crippen LogP contribution in [0.4, 0.5) is 0 Å². The van der Waals surface area contributed by atoms with Crippen molar-refractivity contribution < 1.29 is 28.0 Å². The Labute approximate surface area is 41.2 Å². The maximum absolute atomic E-state index is 0. The fraction of sp³-hybridized carbons (Fsp3) is 0. The van der Waals surface area contributed by atoms with E-state index in [0.717, 1.165) is 0 Å². The van der Waals surface area contributed by atoms with E-state index in [1.165, 1.54) is 0 Å². The molecule has 0 fully saturated rings. The van der Waals surface area contributed by atoms with Crippen LogP contribution in [0.15, 0.2) is 0 Å². The van der Waals surface area contributed by atoms with Gasteiger partial charge in [0.05, 0.1) is 0 Å². The van der Waals surface area contributed by atoms with Gasteiger partial charge in [-0.05, 0) is 0 Å². The van der Waals surface area contributed by atoms with Crippen molar-refractivity contribution in [1.29, 1.82) is 0 Å². The molecule has 0 bridgehead atoms. The third-order valence-electron chi connectivity index (χ3n) is 0. The van der Waals surface area contributed by atoms with E-state index in [-0.39, 0.29) is 40.3 Å². The van der Waals surface area contributed by atoms with Crippen LogP contribution in [0, 0.1) is 0 Å². The Morgan fingerprint density at radius 2 is 0.600 bits per heavy atom. The first-order chi connectivity index (χ1) is 0. The normalized spacial score (nSPS) is 0. The number of hydrogen-bond donors (Lipinski definition) is 2. The Hall–Kier alpha value is 0.359. The third-order valence-corrected chi connectivity index (χ3v) is 0. The van der Waals surface area contributed by atoms with Crippen LogP contribution in [-0.2, 0) is 17.1 Å². The molecule has 0 atom stereocenters. The van der Waals surface area contributed by atoms with Gasteiger partial charge >= 0.3 is 0 Å². The van der Waals surface area contributed by atoms with Gasteiger partial charge in [0, 0.05) is 17.1 Å². The maximum atomic E-state index is 0. The van der Waals surface area contributed by atoms with Gasteiger partial charge in [-0.2, -0.15) is 0 Å². The van der Waals surface area contributed by atoms with Crippen LogP contribution in [-0.4, -0.2) is 11.0 Å². The van der Waals surface area contributed by atoms with Gasteiger partial charge in [-0.1, -0.05) is 0 Å². The zero-order valence-corrected chi connectivity index (χ0v) is 3.66. The molecule has 0 saturated carbocycles. The summed E-state index contributed by atoms with van der Waals surface area (Å²) in [7, 11) is 0. The van der Waals surface area contributed by atoms with Crippen molar-refractivity contribution in [2.24, 2.45) is 0 Å². The van der Waals surface area contributed by atoms with E-state index in [9.17, 15) is 0 Å². The van der Waals surface area contributed by atoms with Gasteiger partial charge in [0.15, 0.2) is 0 Å². The first-order valence-corrected chi connectivity index (χ1v) is 0. The van der Waals surface area contributed by atoms with Gasteiger partial charge in [-0.15, -0.1) is 0 Å². The second-order valence-electron chi connectivity index (χ2n) is 0. The van der Waals surface area contributed by atoms with Gasteiger partial charge in [0.25, 0.3) is 0 Å². The summed E-state index contributed by atoms with van der Waals surface area (Å²) in [6, 6.07) is 0. The van der Waals surface area contributed by atoms with Crippen LogP contribution in [0.2, 0.25) is 0 Å². The quantitative estimate of drug-likeness (QED) is 0.397. The molecule has 5 heavy (non-hydrogen) atoms. The van der Waals surface area contributed by atoms with Crippen molar-refractivity contribution in [1.82, 2.24) is 12.3 Å². The van der Waals surface area contributed by atoms with Crippen molar-refractivity contribution in [3.05, 3.63) is 0 Å². The summed E-state index contributed by atoms with van der Waals surface area (Å²) in [5, 5.41) is 0. The molecule has 0 aromatic heterocycles. The zero-order chi connectivity index (χ0) is 0. The van der Waals surface area contributed by atoms with E-state index in [4.69, 9.17) is 0 Å². The fourth-order valence-corrected chi connectivity index (χ4v) is 0. The summed E-state index contributed by atoms with van der Waals surface area (Å²) in [6.07, 6.45) is 0. The van der Waals surface area contributed by atoms with Crippen LogP contribution in [0.25, 0.3) is 0 Å². The average molecular weight is 134 g/mol. The van der Waals surface area contributed by atoms with Crippen molar-refractivity contribution >= 4 is 0 Å². The molecule has 4 nitrogen and oxygen atoms in total. The SMILES string of the molecule is N.N.O.O.[Cu]. The molecule has 0 aromatic carbocycles. The molecule has 0 aliphatic rings. The van der Waals surface area contributed by atoms with Gasteiger partial charge < -0.3 is 23.3 Å². The van der Waals surface area contributed by atoms with Gasteiger partial charge in [0.2, 0.25) is 0 Å². The van der Waals surface area contributed by atoms with E-state index < -0.39 is 0 Å². The van der Waals surface area contributed by atoms with E-state index in [1.54, 1.807) is 0 Å². The molecule has 0 rings (SSSR count). The van der Waals surface area contributed by atoms with Crippen LogP contribution in [0.3, 0.4) is 0 Å². The van der Waals surface area contributed by atoms with Gasteiger partial charge in [-0.3, -0.25) is 0 Å². The molecule has 5 heteroatoms. The van der Waals surface area contributed by atoms with Crippen molar-refractivity contribution in [3.8, 4) is 0 Å². The summed E-state index contributed by atoms with van der Waals surface area (Å²) in [6.45, 7) is 0. The smallest absolute Gasteiger partial charge is 0 e. The zero-order valence-electron chi connectivity index (χ0n) is 2.72. The molecule has 0 spiro atoms. The fourth-order valence-electron chi connectivity index (χ4n) is 0. The monoisotopic (exact) mass is 133 g/mol. The van der Waals surface area contributed by atoms with Crippen molar-refractivity contribution in [2.45, 2.75) is 0 Å². The average Bonchev–Trinajstić information content (AvgIpc) is 0. The minimum Gasteiger partial charge on any atom is -0.412 e. The summed E-state index contributed by atoms with van der Waals surface area (Å²) in [5.41, 5.74) is 0. The molecule has 0 aliphatic heterocycles. The molecule has 0 aromatic rings. The summed E-state index contributed by atoms with van der Waals surface area (Å²) in [5.74, 6) is 0. The Bertz CT molecular complexity index is 7.61. The van der Waals surface area contributed by atoms with Gasteiger partial charge in [-0.25, -0.2) is 0 Å². The predicted molar refractivity (Wildman–Crippen MR) is 17.3 cm³/mol. The Morgan fingerprint density at radius 3 is 0.600 bits per heavy atom. The summed E-state index contributed by atoms with van der Waals surface area (Å²) < 4.78 is 0. The first kappa shape index (κ1) is 788. The van der Waals surface area contributed by atoms with Crippen LogP contribution >= 0.6 is 0 Å². The summed E-state index contributed by atoms with van der Waals surface area (Å²) >= 11 is 0. The van der Waals surface area contributed by atoms with Crippen LogP contribution < -0.4 is 12.3 Å². The predicted octanol–water partition coefficient (Wildman–Crippen LogP) is -1.33. The standard InChI is InChI=1S/Cu.2H3N.2H2O/h;2*1H3;2*1H2. The molecule has 0 unspecified atom stereocenters. The molecular formula is H10CuN2O2. The Balaban J connectivity index is 0. The second kappa shape index (κ2) is 381. The second-order valence-corrected chi connectivity index (χ2v) is 0. The molecular weight excluding hydrogens is 124 g/mol. The van der Waals surface area contributed by atoms with E-state index in [1.807, 2.05) is 0 Å². The topological polar surface area (TPSA) is 133 Å². The molecule has 10 N–H and O–H groups in total. The minimum absolute atomic E-state index is 0. The molecule has 43 valence electrons. The first-order valence-electron chi connectivity index (χ1n) is 0. The van der Waals surface area contributed by atoms with E-state index in [2.05, 4.69) is 0 Å². The van der Waals surface area contributed by atoms with Crippen LogP contribution in [0.1, 0.15) is 0 Å². The Morgan fingerprint density at radius 1 is 0.600 bits per heavy atom. The van der Waals surface area contributed by atoms with E-state index >= 15 is 0 Å². The Kier molecular flexibility index (Phi) is 60000. The number of rotatable bonds is 0. The van der Waals surface area contributed by atoms with Gasteiger partial charge in [0.1, 0.15) is 0 Å². The maximum Gasteiger partial charge on any atom is 0 e. The molecule has 0 aliphatic carbocycles. The molecule has 0 heterocycles. The van der Waals surface area contributed by atoms with E-state index in [0.29, 0.717) is 0 Å². The van der Waals surface area contributed by atoms with Crippen molar-refractivity contribution in [3.63, 3.8) is 0 Å². The number of hydrogen-bond acceptors (Lipinski definition) is 2. The molecule has 0 saturated heterocycles. The van der Waals surface area contributed by atoms with Crippen LogP contribution in [0.5, 0.6) is 0 Å². The molecule has 1 radical (unpaired) electrons. The van der Waals surface area contributed by atoms with Crippen molar-refractivity contribution in [2.75, 3.05) is 0 Å². The third kappa shape index (κ3) is 188. The molecule has 0 amide bonds.